The number of aryl methyl sites for hydroxylation is 2. The molecule has 0 saturated heterocycles. The summed E-state index contributed by atoms with van der Waals surface area (Å²) in [6.45, 7) is 3.62. The molecule has 19 heavy (non-hydrogen) atoms. The molecule has 2 atom stereocenters. The van der Waals surface area contributed by atoms with Gasteiger partial charge in [-0.2, -0.15) is 0 Å². The van der Waals surface area contributed by atoms with Gasteiger partial charge in [0.15, 0.2) is 0 Å². The van der Waals surface area contributed by atoms with Crippen molar-refractivity contribution in [3.05, 3.63) is 29.6 Å². The molecule has 0 fully saturated rings. The molecule has 1 aromatic carbocycles. The molecule has 0 aliphatic rings. The first-order chi connectivity index (χ1) is 8.90. The minimum atomic E-state index is -0.815. The van der Waals surface area contributed by atoms with Crippen LogP contribution >= 0.6 is 0 Å². The Kier molecular flexibility index (Phi) is 3.57. The van der Waals surface area contributed by atoms with Gasteiger partial charge in [0.25, 0.3) is 0 Å². The van der Waals surface area contributed by atoms with Gasteiger partial charge in [-0.25, -0.2) is 4.98 Å². The SMILES string of the molecule is Cc1nc2cc(C(N)CC(C)C(=O)O)ccc2n1C. The molecule has 3 N–H and O–H groups in total. The molecule has 5 nitrogen and oxygen atoms in total. The van der Waals surface area contributed by atoms with Crippen molar-refractivity contribution < 1.29 is 9.90 Å². The number of carboxylic acid groups (broad SMARTS) is 1. The molecule has 0 aliphatic carbocycles. The van der Waals surface area contributed by atoms with Gasteiger partial charge < -0.3 is 15.4 Å². The van der Waals surface area contributed by atoms with Crippen LogP contribution in [0, 0.1) is 12.8 Å². The van der Waals surface area contributed by atoms with Crippen LogP contribution in [0.5, 0.6) is 0 Å². The maximum absolute atomic E-state index is 10.9. The molecule has 1 heterocycles. The van der Waals surface area contributed by atoms with Crippen molar-refractivity contribution in [3.8, 4) is 0 Å². The number of imidazole rings is 1. The molecule has 0 amide bonds. The maximum atomic E-state index is 10.9. The third-order valence-corrected chi connectivity index (χ3v) is 3.59. The van der Waals surface area contributed by atoms with E-state index < -0.39 is 11.9 Å². The van der Waals surface area contributed by atoms with Crippen molar-refractivity contribution in [1.29, 1.82) is 0 Å². The van der Waals surface area contributed by atoms with E-state index in [0.717, 1.165) is 22.4 Å². The maximum Gasteiger partial charge on any atom is 0.306 e. The minimum absolute atomic E-state index is 0.280. The number of carboxylic acids is 1. The van der Waals surface area contributed by atoms with Gasteiger partial charge in [0, 0.05) is 13.1 Å². The first-order valence-electron chi connectivity index (χ1n) is 6.31. The van der Waals surface area contributed by atoms with Crippen molar-refractivity contribution >= 4 is 17.0 Å². The Morgan fingerprint density at radius 3 is 2.84 bits per heavy atom. The first kappa shape index (κ1) is 13.5. The number of benzene rings is 1. The summed E-state index contributed by atoms with van der Waals surface area (Å²) in [4.78, 5) is 15.3. The van der Waals surface area contributed by atoms with Gasteiger partial charge in [-0.1, -0.05) is 13.0 Å². The lowest BCUT2D eigenvalue weighted by atomic mass is 9.96. The molecule has 0 bridgehead atoms. The fraction of sp³-hybridized carbons (Fsp3) is 0.429. The summed E-state index contributed by atoms with van der Waals surface area (Å²) in [6, 6.07) is 5.60. The van der Waals surface area contributed by atoms with Gasteiger partial charge in [-0.3, -0.25) is 4.79 Å². The van der Waals surface area contributed by atoms with Crippen LogP contribution in [-0.4, -0.2) is 20.6 Å². The second-order valence-electron chi connectivity index (χ2n) is 5.05. The van der Waals surface area contributed by atoms with Crippen LogP contribution in [0.2, 0.25) is 0 Å². The number of aliphatic carboxylic acids is 1. The summed E-state index contributed by atoms with van der Waals surface area (Å²) in [5, 5.41) is 8.92. The molecular formula is C14H19N3O2. The number of hydrogen-bond donors (Lipinski definition) is 2. The third-order valence-electron chi connectivity index (χ3n) is 3.59. The molecule has 0 aliphatic heterocycles. The Hall–Kier alpha value is -1.88. The Morgan fingerprint density at radius 2 is 2.21 bits per heavy atom. The number of aromatic nitrogens is 2. The molecule has 0 spiro atoms. The Labute approximate surface area is 112 Å². The normalized spacial score (nSPS) is 14.5. The summed E-state index contributed by atoms with van der Waals surface area (Å²) in [5.41, 5.74) is 8.96. The predicted octanol–water partition coefficient (Wildman–Crippen LogP) is 1.99. The van der Waals surface area contributed by atoms with E-state index in [2.05, 4.69) is 4.98 Å². The number of hydrogen-bond acceptors (Lipinski definition) is 3. The largest absolute Gasteiger partial charge is 0.481 e. The van der Waals surface area contributed by atoms with E-state index in [1.807, 2.05) is 36.7 Å². The predicted molar refractivity (Wildman–Crippen MR) is 73.8 cm³/mol. The van der Waals surface area contributed by atoms with E-state index in [9.17, 15) is 4.79 Å². The average molecular weight is 261 g/mol. The minimum Gasteiger partial charge on any atom is -0.481 e. The zero-order valence-corrected chi connectivity index (χ0v) is 11.4. The van der Waals surface area contributed by atoms with Gasteiger partial charge >= 0.3 is 5.97 Å². The molecular weight excluding hydrogens is 242 g/mol. The summed E-state index contributed by atoms with van der Waals surface area (Å²) in [7, 11) is 1.97. The number of fused-ring (bicyclic) bond motifs is 1. The smallest absolute Gasteiger partial charge is 0.306 e. The van der Waals surface area contributed by atoms with E-state index in [1.54, 1.807) is 6.92 Å². The van der Waals surface area contributed by atoms with Crippen LogP contribution in [0.3, 0.4) is 0 Å². The lowest BCUT2D eigenvalue weighted by Crippen LogP contribution is -2.19. The van der Waals surface area contributed by atoms with E-state index >= 15 is 0 Å². The molecule has 5 heteroatoms. The fourth-order valence-electron chi connectivity index (χ4n) is 2.19. The van der Waals surface area contributed by atoms with Gasteiger partial charge in [-0.05, 0) is 31.0 Å². The van der Waals surface area contributed by atoms with Crippen LogP contribution < -0.4 is 5.73 Å². The van der Waals surface area contributed by atoms with E-state index in [0.29, 0.717) is 6.42 Å². The van der Waals surface area contributed by atoms with Crippen LogP contribution in [0.4, 0.5) is 0 Å². The average Bonchev–Trinajstić information content (AvgIpc) is 2.64. The van der Waals surface area contributed by atoms with Crippen LogP contribution in [0.1, 0.15) is 30.8 Å². The highest BCUT2D eigenvalue weighted by atomic mass is 16.4. The second-order valence-corrected chi connectivity index (χ2v) is 5.05. The standard InChI is InChI=1S/C14H19N3O2/c1-8(14(18)19)6-11(15)10-4-5-13-12(7-10)16-9(2)17(13)3/h4-5,7-8,11H,6,15H2,1-3H3,(H,18,19). The quantitative estimate of drug-likeness (QED) is 0.882. The highest BCUT2D eigenvalue weighted by molar-refractivity contribution is 5.77. The van der Waals surface area contributed by atoms with Crippen molar-refractivity contribution in [2.24, 2.45) is 18.7 Å². The first-order valence-corrected chi connectivity index (χ1v) is 6.31. The molecule has 0 saturated carbocycles. The number of carbonyl (C=O) groups is 1. The molecule has 2 aromatic rings. The zero-order chi connectivity index (χ0) is 14.2. The Morgan fingerprint density at radius 1 is 1.53 bits per heavy atom. The highest BCUT2D eigenvalue weighted by Crippen LogP contribution is 2.23. The van der Waals surface area contributed by atoms with Crippen LogP contribution in [-0.2, 0) is 11.8 Å². The highest BCUT2D eigenvalue weighted by Gasteiger charge is 2.17. The Bertz CT molecular complexity index is 618. The van der Waals surface area contributed by atoms with E-state index in [4.69, 9.17) is 10.8 Å². The topological polar surface area (TPSA) is 81.1 Å². The molecule has 102 valence electrons. The van der Waals surface area contributed by atoms with Crippen LogP contribution in [0.25, 0.3) is 11.0 Å². The fourth-order valence-corrected chi connectivity index (χ4v) is 2.19. The number of rotatable bonds is 4. The number of nitrogens with zero attached hydrogens (tertiary/aromatic N) is 2. The second kappa shape index (κ2) is 5.01. The van der Waals surface area contributed by atoms with Crippen molar-refractivity contribution in [2.45, 2.75) is 26.3 Å². The third kappa shape index (κ3) is 2.61. The van der Waals surface area contributed by atoms with Crippen molar-refractivity contribution in [2.75, 3.05) is 0 Å². The Balaban J connectivity index is 2.28. The molecule has 2 rings (SSSR count). The lowest BCUT2D eigenvalue weighted by molar-refractivity contribution is -0.141. The van der Waals surface area contributed by atoms with Crippen molar-refractivity contribution in [1.82, 2.24) is 9.55 Å². The lowest BCUT2D eigenvalue weighted by Gasteiger charge is -2.14. The summed E-state index contributed by atoms with van der Waals surface area (Å²) >= 11 is 0. The molecule has 2 unspecified atom stereocenters. The number of nitrogens with two attached hydrogens (primary N) is 1. The monoisotopic (exact) mass is 261 g/mol. The van der Waals surface area contributed by atoms with E-state index in [-0.39, 0.29) is 6.04 Å². The van der Waals surface area contributed by atoms with Gasteiger partial charge in [0.05, 0.1) is 17.0 Å². The summed E-state index contributed by atoms with van der Waals surface area (Å²) < 4.78 is 2.02. The van der Waals surface area contributed by atoms with Crippen LogP contribution in [0.15, 0.2) is 18.2 Å². The molecule has 1 aromatic heterocycles. The van der Waals surface area contributed by atoms with Gasteiger partial charge in [0.2, 0.25) is 0 Å². The zero-order valence-electron chi connectivity index (χ0n) is 11.4. The van der Waals surface area contributed by atoms with Crippen molar-refractivity contribution in [3.63, 3.8) is 0 Å². The summed E-state index contributed by atoms with van der Waals surface area (Å²) in [6.07, 6.45) is 0.423. The van der Waals surface area contributed by atoms with Gasteiger partial charge in [-0.15, -0.1) is 0 Å². The van der Waals surface area contributed by atoms with Gasteiger partial charge in [0.1, 0.15) is 5.82 Å². The molecule has 0 radical (unpaired) electrons. The van der Waals surface area contributed by atoms with E-state index in [1.165, 1.54) is 0 Å². The summed E-state index contributed by atoms with van der Waals surface area (Å²) in [5.74, 6) is -0.319.